The van der Waals surface area contributed by atoms with Gasteiger partial charge in [0, 0.05) is 23.7 Å². The van der Waals surface area contributed by atoms with E-state index in [1.807, 2.05) is 19.3 Å². The number of nitrogens with zero attached hydrogens (tertiary/aromatic N) is 3. The van der Waals surface area contributed by atoms with Gasteiger partial charge < -0.3 is 10.9 Å². The van der Waals surface area contributed by atoms with Crippen molar-refractivity contribution >= 4 is 29.2 Å². The van der Waals surface area contributed by atoms with Crippen LogP contribution in [0.1, 0.15) is 5.56 Å². The highest BCUT2D eigenvalue weighted by Crippen LogP contribution is 2.33. The third-order valence-corrected chi connectivity index (χ3v) is 3.69. The van der Waals surface area contributed by atoms with Crippen molar-refractivity contribution in [1.29, 1.82) is 0 Å². The van der Waals surface area contributed by atoms with Gasteiger partial charge in [-0.1, -0.05) is 28.5 Å². The molecular formula is C11H11ClN4OS. The van der Waals surface area contributed by atoms with Crippen molar-refractivity contribution in [3.8, 4) is 0 Å². The molecule has 18 heavy (non-hydrogen) atoms. The van der Waals surface area contributed by atoms with Crippen molar-refractivity contribution in [2.45, 2.75) is 9.79 Å². The molecule has 1 heterocycles. The number of oxime groups is 1. The Morgan fingerprint density at radius 2 is 2.33 bits per heavy atom. The van der Waals surface area contributed by atoms with Crippen LogP contribution in [0.4, 0.5) is 0 Å². The molecule has 0 spiro atoms. The highest BCUT2D eigenvalue weighted by atomic mass is 35.5. The van der Waals surface area contributed by atoms with Crippen LogP contribution in [0.25, 0.3) is 0 Å². The van der Waals surface area contributed by atoms with Gasteiger partial charge >= 0.3 is 0 Å². The van der Waals surface area contributed by atoms with Gasteiger partial charge in [0.05, 0.1) is 16.1 Å². The van der Waals surface area contributed by atoms with E-state index in [9.17, 15) is 0 Å². The van der Waals surface area contributed by atoms with Crippen LogP contribution in [0.5, 0.6) is 0 Å². The van der Waals surface area contributed by atoms with Crippen LogP contribution in [-0.2, 0) is 7.05 Å². The smallest absolute Gasteiger partial charge is 0.170 e. The molecule has 0 atom stereocenters. The van der Waals surface area contributed by atoms with E-state index in [-0.39, 0.29) is 5.84 Å². The van der Waals surface area contributed by atoms with Crippen molar-refractivity contribution in [3.63, 3.8) is 0 Å². The standard InChI is InChI=1S/C11H11ClN4OS/c1-16-6-8(5-14-16)18-10-3-2-7(4-9(10)12)11(13)15-17/h2-6,17H,1H3,(H2,13,15). The molecule has 3 N–H and O–H groups in total. The summed E-state index contributed by atoms with van der Waals surface area (Å²) in [4.78, 5) is 1.88. The zero-order chi connectivity index (χ0) is 13.1. The van der Waals surface area contributed by atoms with Crippen molar-refractivity contribution in [1.82, 2.24) is 9.78 Å². The second kappa shape index (κ2) is 5.32. The lowest BCUT2D eigenvalue weighted by atomic mass is 10.2. The van der Waals surface area contributed by atoms with E-state index in [1.54, 1.807) is 23.0 Å². The summed E-state index contributed by atoms with van der Waals surface area (Å²) in [6, 6.07) is 5.24. The maximum Gasteiger partial charge on any atom is 0.170 e. The van der Waals surface area contributed by atoms with Gasteiger partial charge in [-0.3, -0.25) is 4.68 Å². The Labute approximate surface area is 113 Å². The molecule has 94 valence electrons. The molecule has 0 bridgehead atoms. The van der Waals surface area contributed by atoms with Gasteiger partial charge in [-0.2, -0.15) is 5.10 Å². The van der Waals surface area contributed by atoms with Gasteiger partial charge in [0.1, 0.15) is 0 Å². The summed E-state index contributed by atoms with van der Waals surface area (Å²) in [5, 5.41) is 16.2. The second-order valence-electron chi connectivity index (χ2n) is 3.58. The molecule has 0 aliphatic rings. The minimum absolute atomic E-state index is 0.0369. The molecule has 1 aromatic carbocycles. The highest BCUT2D eigenvalue weighted by molar-refractivity contribution is 7.99. The molecule has 0 aliphatic carbocycles. The highest BCUT2D eigenvalue weighted by Gasteiger charge is 2.07. The topological polar surface area (TPSA) is 76.4 Å². The average Bonchev–Trinajstić information content (AvgIpc) is 2.76. The molecule has 2 rings (SSSR count). The fourth-order valence-corrected chi connectivity index (χ4v) is 2.53. The Morgan fingerprint density at radius 1 is 1.56 bits per heavy atom. The van der Waals surface area contributed by atoms with Gasteiger partial charge in [0.2, 0.25) is 0 Å². The van der Waals surface area contributed by atoms with Crippen LogP contribution in [0.15, 0.2) is 45.5 Å². The predicted molar refractivity (Wildman–Crippen MR) is 71.3 cm³/mol. The molecule has 7 heteroatoms. The molecule has 1 aromatic heterocycles. The molecule has 0 saturated carbocycles. The van der Waals surface area contributed by atoms with Crippen LogP contribution in [-0.4, -0.2) is 20.8 Å². The van der Waals surface area contributed by atoms with Crippen LogP contribution in [0.3, 0.4) is 0 Å². The number of rotatable bonds is 3. The Hall–Kier alpha value is -1.66. The van der Waals surface area contributed by atoms with Crippen LogP contribution in [0, 0.1) is 0 Å². The zero-order valence-corrected chi connectivity index (χ0v) is 11.1. The molecule has 0 amide bonds. The molecule has 0 fully saturated rings. The summed E-state index contributed by atoms with van der Waals surface area (Å²) in [5.74, 6) is 0.0369. The van der Waals surface area contributed by atoms with Crippen molar-refractivity contribution < 1.29 is 5.21 Å². The third kappa shape index (κ3) is 2.77. The van der Waals surface area contributed by atoms with Crippen molar-refractivity contribution in [2.24, 2.45) is 17.9 Å². The summed E-state index contributed by atoms with van der Waals surface area (Å²) in [5.41, 5.74) is 6.07. The Balaban J connectivity index is 2.25. The summed E-state index contributed by atoms with van der Waals surface area (Å²) in [7, 11) is 1.85. The Morgan fingerprint density at radius 3 is 2.89 bits per heavy atom. The summed E-state index contributed by atoms with van der Waals surface area (Å²) in [6.07, 6.45) is 3.66. The fourth-order valence-electron chi connectivity index (χ4n) is 1.38. The zero-order valence-electron chi connectivity index (χ0n) is 9.54. The third-order valence-electron chi connectivity index (χ3n) is 2.24. The number of amidine groups is 1. The summed E-state index contributed by atoms with van der Waals surface area (Å²) >= 11 is 7.65. The van der Waals surface area contributed by atoms with Gasteiger partial charge in [-0.05, 0) is 18.2 Å². The molecule has 0 radical (unpaired) electrons. The molecule has 0 saturated heterocycles. The maximum absolute atomic E-state index is 8.59. The minimum atomic E-state index is 0.0369. The van der Waals surface area contributed by atoms with E-state index >= 15 is 0 Å². The SMILES string of the molecule is Cn1cc(Sc2ccc(C(N)=NO)cc2Cl)cn1. The number of benzene rings is 1. The van der Waals surface area contributed by atoms with Crippen molar-refractivity contribution in [2.75, 3.05) is 0 Å². The van der Waals surface area contributed by atoms with E-state index < -0.39 is 0 Å². The number of halogens is 1. The molecule has 0 unspecified atom stereocenters. The number of aryl methyl sites for hydroxylation is 1. The molecule has 2 aromatic rings. The van der Waals surface area contributed by atoms with Gasteiger partial charge in [0.15, 0.2) is 5.84 Å². The van der Waals surface area contributed by atoms with E-state index in [0.717, 1.165) is 9.79 Å². The molecular weight excluding hydrogens is 272 g/mol. The largest absolute Gasteiger partial charge is 0.409 e. The van der Waals surface area contributed by atoms with Crippen LogP contribution < -0.4 is 5.73 Å². The van der Waals surface area contributed by atoms with Crippen LogP contribution >= 0.6 is 23.4 Å². The van der Waals surface area contributed by atoms with E-state index in [0.29, 0.717) is 10.6 Å². The number of aromatic nitrogens is 2. The number of nitrogens with two attached hydrogens (primary N) is 1. The number of hydrogen-bond donors (Lipinski definition) is 2. The van der Waals surface area contributed by atoms with Crippen LogP contribution in [0.2, 0.25) is 5.02 Å². The van der Waals surface area contributed by atoms with E-state index in [2.05, 4.69) is 10.3 Å². The van der Waals surface area contributed by atoms with E-state index in [1.165, 1.54) is 11.8 Å². The first kappa shape index (κ1) is 12.8. The first-order valence-corrected chi connectivity index (χ1v) is 6.23. The minimum Gasteiger partial charge on any atom is -0.409 e. The van der Waals surface area contributed by atoms with Gasteiger partial charge in [0.25, 0.3) is 0 Å². The molecule has 0 aliphatic heterocycles. The maximum atomic E-state index is 8.59. The Bertz CT molecular complexity index is 596. The normalized spacial score (nSPS) is 11.8. The predicted octanol–water partition coefficient (Wildman–Crippen LogP) is 2.32. The first-order chi connectivity index (χ1) is 8.60. The average molecular weight is 283 g/mol. The fraction of sp³-hybridized carbons (Fsp3) is 0.0909. The van der Waals surface area contributed by atoms with Crippen molar-refractivity contribution in [3.05, 3.63) is 41.2 Å². The second-order valence-corrected chi connectivity index (χ2v) is 5.10. The van der Waals surface area contributed by atoms with Gasteiger partial charge in [-0.15, -0.1) is 0 Å². The number of hydrogen-bond acceptors (Lipinski definition) is 4. The monoisotopic (exact) mass is 282 g/mol. The lowest BCUT2D eigenvalue weighted by molar-refractivity contribution is 0.318. The Kier molecular flexibility index (Phi) is 3.78. The quantitative estimate of drug-likeness (QED) is 0.392. The van der Waals surface area contributed by atoms with E-state index in [4.69, 9.17) is 22.5 Å². The van der Waals surface area contributed by atoms with Gasteiger partial charge in [-0.25, -0.2) is 0 Å². The summed E-state index contributed by atoms with van der Waals surface area (Å²) in [6.45, 7) is 0. The molecule has 5 nitrogen and oxygen atoms in total. The first-order valence-electron chi connectivity index (χ1n) is 5.04. The summed E-state index contributed by atoms with van der Waals surface area (Å²) < 4.78 is 1.72. The lowest BCUT2D eigenvalue weighted by Gasteiger charge is -2.04. The lowest BCUT2D eigenvalue weighted by Crippen LogP contribution is -2.12.